The Morgan fingerprint density at radius 3 is 2.58 bits per heavy atom. The lowest BCUT2D eigenvalue weighted by Gasteiger charge is -2.34. The van der Waals surface area contributed by atoms with Crippen LogP contribution in [0.3, 0.4) is 0 Å². The van der Waals surface area contributed by atoms with Crippen LogP contribution in [0.15, 0.2) is 24.3 Å². The summed E-state index contributed by atoms with van der Waals surface area (Å²) in [6, 6.07) is 8.12. The maximum Gasteiger partial charge on any atom is 0.404 e. The predicted molar refractivity (Wildman–Crippen MR) is 74.7 cm³/mol. The van der Waals surface area contributed by atoms with Crippen LogP contribution in [0.25, 0.3) is 0 Å². The van der Waals surface area contributed by atoms with Gasteiger partial charge in [0, 0.05) is 0 Å². The molecule has 0 aromatic heterocycles. The summed E-state index contributed by atoms with van der Waals surface area (Å²) in [5.41, 5.74) is 7.67. The van der Waals surface area contributed by atoms with Gasteiger partial charge >= 0.3 is 6.09 Å². The lowest BCUT2D eigenvalue weighted by Crippen LogP contribution is -2.36. The second-order valence-corrected chi connectivity index (χ2v) is 5.61. The van der Waals surface area contributed by atoms with Crippen LogP contribution in [-0.2, 0) is 17.8 Å². The van der Waals surface area contributed by atoms with Crippen molar-refractivity contribution in [2.45, 2.75) is 32.8 Å². The summed E-state index contributed by atoms with van der Waals surface area (Å²) in [4.78, 5) is 10.7. The molecule has 0 atom stereocenters. The molecule has 19 heavy (non-hydrogen) atoms. The summed E-state index contributed by atoms with van der Waals surface area (Å²) in [5.74, 6) is 0. The number of nitrogens with one attached hydrogen (secondary N) is 1. The van der Waals surface area contributed by atoms with Crippen molar-refractivity contribution in [1.82, 2.24) is 5.32 Å². The lowest BCUT2D eigenvalue weighted by atomic mass is 9.75. The van der Waals surface area contributed by atoms with Gasteiger partial charge in [-0.15, -0.1) is 0 Å². The Bertz CT molecular complexity index is 440. The molecule has 0 saturated carbocycles. The Hall–Kier alpha value is -1.55. The Kier molecular flexibility index (Phi) is 4.43. The maximum atomic E-state index is 10.7. The van der Waals surface area contributed by atoms with E-state index in [0.29, 0.717) is 5.41 Å². The van der Waals surface area contributed by atoms with Crippen molar-refractivity contribution in [3.05, 3.63) is 35.4 Å². The standard InChI is InChI=1S/C15H22N2O2/c1-15(6-8-17-9-7-15)10-12-4-2-3-5-13(12)11-19-14(16)18/h2-5,17H,6-11H2,1H3,(H2,16,18). The monoisotopic (exact) mass is 262 g/mol. The smallest absolute Gasteiger partial charge is 0.404 e. The summed E-state index contributed by atoms with van der Waals surface area (Å²) in [6.07, 6.45) is 2.66. The third-order valence-corrected chi connectivity index (χ3v) is 3.92. The molecule has 4 nitrogen and oxygen atoms in total. The van der Waals surface area contributed by atoms with Crippen LogP contribution in [0.1, 0.15) is 30.9 Å². The highest BCUT2D eigenvalue weighted by Gasteiger charge is 2.27. The molecule has 0 aliphatic carbocycles. The van der Waals surface area contributed by atoms with Gasteiger partial charge in [0.25, 0.3) is 0 Å². The largest absolute Gasteiger partial charge is 0.445 e. The van der Waals surface area contributed by atoms with E-state index in [1.54, 1.807) is 0 Å². The fourth-order valence-corrected chi connectivity index (χ4v) is 2.69. The van der Waals surface area contributed by atoms with Gasteiger partial charge in [0.15, 0.2) is 0 Å². The van der Waals surface area contributed by atoms with E-state index in [9.17, 15) is 4.79 Å². The molecule has 104 valence electrons. The molecular formula is C15H22N2O2. The van der Waals surface area contributed by atoms with Crippen molar-refractivity contribution < 1.29 is 9.53 Å². The zero-order valence-electron chi connectivity index (χ0n) is 11.4. The second kappa shape index (κ2) is 6.06. The first-order chi connectivity index (χ1) is 9.09. The zero-order valence-corrected chi connectivity index (χ0v) is 11.4. The van der Waals surface area contributed by atoms with Gasteiger partial charge < -0.3 is 15.8 Å². The Morgan fingerprint density at radius 2 is 1.95 bits per heavy atom. The van der Waals surface area contributed by atoms with E-state index in [2.05, 4.69) is 18.3 Å². The fourth-order valence-electron chi connectivity index (χ4n) is 2.69. The highest BCUT2D eigenvalue weighted by molar-refractivity contribution is 5.64. The number of carbonyl (C=O) groups is 1. The SMILES string of the molecule is CC1(Cc2ccccc2COC(N)=O)CCNCC1. The van der Waals surface area contributed by atoms with E-state index in [1.165, 1.54) is 18.4 Å². The van der Waals surface area contributed by atoms with Gasteiger partial charge in [-0.3, -0.25) is 0 Å². The predicted octanol–water partition coefficient (Wildman–Crippen LogP) is 2.21. The van der Waals surface area contributed by atoms with Crippen LogP contribution >= 0.6 is 0 Å². The second-order valence-electron chi connectivity index (χ2n) is 5.61. The molecule has 1 amide bonds. The molecular weight excluding hydrogens is 240 g/mol. The normalized spacial score (nSPS) is 17.9. The first-order valence-corrected chi connectivity index (χ1v) is 6.79. The molecule has 3 N–H and O–H groups in total. The first-order valence-electron chi connectivity index (χ1n) is 6.79. The molecule has 1 aromatic carbocycles. The molecule has 4 heteroatoms. The van der Waals surface area contributed by atoms with Crippen molar-refractivity contribution in [1.29, 1.82) is 0 Å². The molecule has 0 radical (unpaired) electrons. The number of nitrogens with two attached hydrogens (primary N) is 1. The van der Waals surface area contributed by atoms with Crippen molar-refractivity contribution >= 4 is 6.09 Å². The number of rotatable bonds is 4. The van der Waals surface area contributed by atoms with Crippen molar-refractivity contribution in [2.24, 2.45) is 11.1 Å². The van der Waals surface area contributed by atoms with Crippen LogP contribution in [0, 0.1) is 5.41 Å². The third kappa shape index (κ3) is 3.96. The van der Waals surface area contributed by atoms with E-state index >= 15 is 0 Å². The van der Waals surface area contributed by atoms with Gasteiger partial charge in [-0.2, -0.15) is 0 Å². The zero-order chi connectivity index (χ0) is 13.7. The molecule has 2 rings (SSSR count). The van der Waals surface area contributed by atoms with Gasteiger partial charge in [0.2, 0.25) is 0 Å². The highest BCUT2D eigenvalue weighted by atomic mass is 16.5. The fraction of sp³-hybridized carbons (Fsp3) is 0.533. The summed E-state index contributed by atoms with van der Waals surface area (Å²) in [5, 5.41) is 3.39. The number of carbonyl (C=O) groups excluding carboxylic acids is 1. The first kappa shape index (κ1) is 13.9. The molecule has 1 aliphatic rings. The van der Waals surface area contributed by atoms with Crippen LogP contribution in [-0.4, -0.2) is 19.2 Å². The highest BCUT2D eigenvalue weighted by Crippen LogP contribution is 2.33. The van der Waals surface area contributed by atoms with Crippen molar-refractivity contribution in [2.75, 3.05) is 13.1 Å². The number of hydrogen-bond acceptors (Lipinski definition) is 3. The van der Waals surface area contributed by atoms with Gasteiger partial charge in [0.1, 0.15) is 6.61 Å². The topological polar surface area (TPSA) is 64.3 Å². The average molecular weight is 262 g/mol. The van der Waals surface area contributed by atoms with Crippen LogP contribution < -0.4 is 11.1 Å². The molecule has 1 aliphatic heterocycles. The summed E-state index contributed by atoms with van der Waals surface area (Å²) in [6.45, 7) is 4.76. The van der Waals surface area contributed by atoms with Crippen molar-refractivity contribution in [3.63, 3.8) is 0 Å². The molecule has 1 heterocycles. The molecule has 1 aromatic rings. The molecule has 1 saturated heterocycles. The Morgan fingerprint density at radius 1 is 1.32 bits per heavy atom. The van der Waals surface area contributed by atoms with Gasteiger partial charge in [-0.1, -0.05) is 31.2 Å². The van der Waals surface area contributed by atoms with Gasteiger partial charge in [-0.05, 0) is 48.9 Å². The average Bonchev–Trinajstić information content (AvgIpc) is 2.38. The quantitative estimate of drug-likeness (QED) is 0.874. The summed E-state index contributed by atoms with van der Waals surface area (Å²) >= 11 is 0. The minimum Gasteiger partial charge on any atom is -0.445 e. The van der Waals surface area contributed by atoms with Crippen LogP contribution in [0.5, 0.6) is 0 Å². The summed E-state index contributed by atoms with van der Waals surface area (Å²) < 4.78 is 4.92. The third-order valence-electron chi connectivity index (χ3n) is 3.92. The number of piperidine rings is 1. The van der Waals surface area contributed by atoms with Crippen LogP contribution in [0.2, 0.25) is 0 Å². The molecule has 1 fully saturated rings. The summed E-state index contributed by atoms with van der Waals surface area (Å²) in [7, 11) is 0. The van der Waals surface area contributed by atoms with Gasteiger partial charge in [0.05, 0.1) is 0 Å². The van der Waals surface area contributed by atoms with Crippen molar-refractivity contribution in [3.8, 4) is 0 Å². The molecule has 0 bridgehead atoms. The minimum absolute atomic E-state index is 0.264. The van der Waals surface area contributed by atoms with E-state index in [0.717, 1.165) is 25.1 Å². The Labute approximate surface area is 114 Å². The van der Waals surface area contributed by atoms with Crippen LogP contribution in [0.4, 0.5) is 4.79 Å². The van der Waals surface area contributed by atoms with E-state index < -0.39 is 6.09 Å². The maximum absolute atomic E-state index is 10.7. The Balaban J connectivity index is 2.08. The van der Waals surface area contributed by atoms with E-state index in [1.807, 2.05) is 18.2 Å². The number of primary amides is 1. The number of ether oxygens (including phenoxy) is 1. The molecule has 0 spiro atoms. The number of hydrogen-bond donors (Lipinski definition) is 2. The minimum atomic E-state index is -0.720. The number of benzene rings is 1. The lowest BCUT2D eigenvalue weighted by molar-refractivity contribution is 0.149. The van der Waals surface area contributed by atoms with E-state index in [4.69, 9.17) is 10.5 Å². The number of amides is 1. The van der Waals surface area contributed by atoms with Gasteiger partial charge in [-0.25, -0.2) is 4.79 Å². The van der Waals surface area contributed by atoms with E-state index in [-0.39, 0.29) is 6.61 Å². The molecule has 0 unspecified atom stereocenters.